The van der Waals surface area contributed by atoms with E-state index in [0.29, 0.717) is 12.2 Å². The summed E-state index contributed by atoms with van der Waals surface area (Å²) in [5.41, 5.74) is 0. The first-order chi connectivity index (χ1) is 3.63. The van der Waals surface area contributed by atoms with Crippen LogP contribution in [0.2, 0.25) is 0 Å². The van der Waals surface area contributed by atoms with Crippen LogP contribution in [0.15, 0.2) is 12.2 Å². The van der Waals surface area contributed by atoms with Crippen molar-refractivity contribution in [3.8, 4) is 0 Å². The van der Waals surface area contributed by atoms with E-state index in [2.05, 4.69) is 0 Å². The van der Waals surface area contributed by atoms with Gasteiger partial charge in [-0.2, -0.15) is 0 Å². The van der Waals surface area contributed by atoms with Gasteiger partial charge in [-0.3, -0.25) is 0 Å². The first kappa shape index (κ1) is 15.8. The summed E-state index contributed by atoms with van der Waals surface area (Å²) in [7, 11) is 0. The highest BCUT2D eigenvalue weighted by atomic mass is 16.4. The molecule has 0 aliphatic heterocycles. The fraction of sp³-hybridized carbons (Fsp3) is 0. The Balaban J connectivity index is -0.000000245. The molecule has 6 nitrogen and oxygen atoms in total. The zero-order chi connectivity index (χ0) is 6.57. The number of carboxylic acids is 2. The van der Waals surface area contributed by atoms with Gasteiger partial charge >= 0.3 is 5.97 Å². The SMILES string of the molecule is O.O=C([O-])/C=C/C(=O)O.[NH4+]. The van der Waals surface area contributed by atoms with Gasteiger partial charge in [0.25, 0.3) is 0 Å². The first-order valence-electron chi connectivity index (χ1n) is 1.75. The summed E-state index contributed by atoms with van der Waals surface area (Å²) in [4.78, 5) is 19.0. The predicted octanol–water partition coefficient (Wildman–Crippen LogP) is -2.07. The van der Waals surface area contributed by atoms with E-state index in [-0.39, 0.29) is 11.6 Å². The van der Waals surface area contributed by atoms with E-state index >= 15 is 0 Å². The zero-order valence-corrected chi connectivity index (χ0v) is 5.33. The molecule has 0 aliphatic rings. The lowest BCUT2D eigenvalue weighted by Gasteiger charge is -1.85. The third-order valence-corrected chi connectivity index (χ3v) is 0.362. The largest absolute Gasteiger partial charge is 0.545 e. The molecule has 10 heavy (non-hydrogen) atoms. The number of carbonyl (C=O) groups excluding carboxylic acids is 1. The maximum absolute atomic E-state index is 9.53. The van der Waals surface area contributed by atoms with Gasteiger partial charge in [-0.1, -0.05) is 0 Å². The molecule has 0 bridgehead atoms. The molecule has 0 radical (unpaired) electrons. The lowest BCUT2D eigenvalue weighted by Crippen LogP contribution is -2.19. The van der Waals surface area contributed by atoms with Crippen LogP contribution in [0, 0.1) is 0 Å². The van der Waals surface area contributed by atoms with Crippen molar-refractivity contribution in [1.29, 1.82) is 0 Å². The van der Waals surface area contributed by atoms with Crippen molar-refractivity contribution < 1.29 is 25.3 Å². The lowest BCUT2D eigenvalue weighted by molar-refractivity contribution is -0.297. The Labute approximate surface area is 56.7 Å². The Bertz CT molecular complexity index is 125. The van der Waals surface area contributed by atoms with Crippen LogP contribution in [0.4, 0.5) is 0 Å². The summed E-state index contributed by atoms with van der Waals surface area (Å²) in [6.45, 7) is 0. The Morgan fingerprint density at radius 1 is 1.30 bits per heavy atom. The van der Waals surface area contributed by atoms with Gasteiger partial charge in [0.15, 0.2) is 0 Å². The van der Waals surface area contributed by atoms with Crippen molar-refractivity contribution >= 4 is 11.9 Å². The number of quaternary nitrogens is 1. The minimum Gasteiger partial charge on any atom is -0.545 e. The number of hydrogen-bond acceptors (Lipinski definition) is 3. The number of carbonyl (C=O) groups is 2. The van der Waals surface area contributed by atoms with Crippen LogP contribution < -0.4 is 11.3 Å². The van der Waals surface area contributed by atoms with E-state index in [1.165, 1.54) is 0 Å². The third-order valence-electron chi connectivity index (χ3n) is 0.362. The highest BCUT2D eigenvalue weighted by Crippen LogP contribution is 1.67. The van der Waals surface area contributed by atoms with Crippen molar-refractivity contribution in [2.24, 2.45) is 0 Å². The van der Waals surface area contributed by atoms with Crippen LogP contribution >= 0.6 is 0 Å². The second-order valence-corrected chi connectivity index (χ2v) is 0.991. The van der Waals surface area contributed by atoms with Gasteiger partial charge in [0, 0.05) is 6.08 Å². The van der Waals surface area contributed by atoms with E-state index in [4.69, 9.17) is 5.11 Å². The van der Waals surface area contributed by atoms with Crippen molar-refractivity contribution in [2.75, 3.05) is 0 Å². The van der Waals surface area contributed by atoms with E-state index in [9.17, 15) is 14.7 Å². The van der Waals surface area contributed by atoms with E-state index < -0.39 is 11.9 Å². The number of aliphatic carboxylic acids is 2. The summed E-state index contributed by atoms with van der Waals surface area (Å²) >= 11 is 0. The summed E-state index contributed by atoms with van der Waals surface area (Å²) in [5.74, 6) is -2.80. The van der Waals surface area contributed by atoms with E-state index in [1.54, 1.807) is 0 Å². The molecule has 0 aromatic rings. The lowest BCUT2D eigenvalue weighted by atomic mass is 10.5. The van der Waals surface area contributed by atoms with Crippen LogP contribution in [-0.4, -0.2) is 22.5 Å². The molecule has 0 aliphatic carbocycles. The Morgan fingerprint density at radius 3 is 1.80 bits per heavy atom. The fourth-order valence-electron chi connectivity index (χ4n) is 0.139. The van der Waals surface area contributed by atoms with E-state index in [0.717, 1.165) is 0 Å². The minimum absolute atomic E-state index is 0. The van der Waals surface area contributed by atoms with Crippen LogP contribution in [0.5, 0.6) is 0 Å². The molecule has 6 heteroatoms. The molecule has 0 fully saturated rings. The Hall–Kier alpha value is -1.40. The second-order valence-electron chi connectivity index (χ2n) is 0.991. The standard InChI is InChI=1S/C4H4O4.H3N.H2O/c5-3(6)1-2-4(7)8;;/h1-2H,(H,5,6)(H,7,8);1H3;1H2/b2-1+;;. The summed E-state index contributed by atoms with van der Waals surface area (Å²) in [6.07, 6.45) is 0.942. The molecule has 0 atom stereocenters. The summed E-state index contributed by atoms with van der Waals surface area (Å²) in [5, 5.41) is 17.2. The average molecular weight is 151 g/mol. The molecule has 0 spiro atoms. The molecule has 60 valence electrons. The first-order valence-corrected chi connectivity index (χ1v) is 1.75. The average Bonchev–Trinajstić information content (AvgIpc) is 1.61. The topological polar surface area (TPSA) is 145 Å². The number of rotatable bonds is 2. The van der Waals surface area contributed by atoms with Crippen molar-refractivity contribution in [3.63, 3.8) is 0 Å². The monoisotopic (exact) mass is 151 g/mol. The number of hydrogen-bond donors (Lipinski definition) is 2. The minimum atomic E-state index is -1.51. The molecule has 0 aromatic heterocycles. The molecule has 0 amide bonds. The van der Waals surface area contributed by atoms with Gasteiger partial charge in [-0.25, -0.2) is 4.79 Å². The second kappa shape index (κ2) is 7.60. The van der Waals surface area contributed by atoms with Gasteiger partial charge < -0.3 is 26.6 Å². The maximum atomic E-state index is 9.53. The van der Waals surface area contributed by atoms with Crippen molar-refractivity contribution in [2.45, 2.75) is 0 Å². The van der Waals surface area contributed by atoms with E-state index in [1.807, 2.05) is 0 Å². The predicted molar refractivity (Wildman–Crippen MR) is 31.4 cm³/mol. The van der Waals surface area contributed by atoms with Gasteiger partial charge in [0.05, 0.1) is 5.97 Å². The highest BCUT2D eigenvalue weighted by Gasteiger charge is 1.81. The van der Waals surface area contributed by atoms with Crippen LogP contribution in [0.3, 0.4) is 0 Å². The van der Waals surface area contributed by atoms with Crippen LogP contribution in [0.1, 0.15) is 0 Å². The molecular weight excluding hydrogens is 142 g/mol. The summed E-state index contributed by atoms with van der Waals surface area (Å²) < 4.78 is 0. The zero-order valence-electron chi connectivity index (χ0n) is 5.33. The van der Waals surface area contributed by atoms with Gasteiger partial charge in [0.2, 0.25) is 0 Å². The van der Waals surface area contributed by atoms with Gasteiger partial charge in [-0.15, -0.1) is 0 Å². The molecule has 0 aromatic carbocycles. The molecule has 0 saturated carbocycles. The Morgan fingerprint density at radius 2 is 1.70 bits per heavy atom. The molecule has 0 unspecified atom stereocenters. The van der Waals surface area contributed by atoms with Crippen LogP contribution in [-0.2, 0) is 9.59 Å². The molecule has 0 rings (SSSR count). The van der Waals surface area contributed by atoms with Crippen molar-refractivity contribution in [3.05, 3.63) is 12.2 Å². The molecular formula is C4H9NO5. The van der Waals surface area contributed by atoms with Crippen molar-refractivity contribution in [1.82, 2.24) is 6.15 Å². The summed E-state index contributed by atoms with van der Waals surface area (Å²) in [6, 6.07) is 0. The van der Waals surface area contributed by atoms with Gasteiger partial charge in [-0.05, 0) is 6.08 Å². The fourth-order valence-corrected chi connectivity index (χ4v) is 0.139. The molecule has 0 heterocycles. The number of carboxylic acid groups (broad SMARTS) is 2. The maximum Gasteiger partial charge on any atom is 0.328 e. The highest BCUT2D eigenvalue weighted by molar-refractivity contribution is 5.88. The smallest absolute Gasteiger partial charge is 0.328 e. The molecule has 0 saturated heterocycles. The van der Waals surface area contributed by atoms with Gasteiger partial charge in [0.1, 0.15) is 0 Å². The van der Waals surface area contributed by atoms with Crippen LogP contribution in [0.25, 0.3) is 0 Å². The normalized spacial score (nSPS) is 7.60. The molecule has 7 N–H and O–H groups in total. The Kier molecular flexibility index (Phi) is 12.0. The third kappa shape index (κ3) is 16.0. The quantitative estimate of drug-likeness (QED) is 0.436.